The van der Waals surface area contributed by atoms with Crippen molar-refractivity contribution >= 4 is 5.78 Å². The van der Waals surface area contributed by atoms with Crippen LogP contribution in [-0.2, 0) is 4.79 Å². The van der Waals surface area contributed by atoms with E-state index in [1.807, 2.05) is 32.8 Å². The number of rotatable bonds is 7. The van der Waals surface area contributed by atoms with Crippen LogP contribution in [0.15, 0.2) is 0 Å². The Kier molecular flexibility index (Phi) is 6.77. The van der Waals surface area contributed by atoms with Crippen LogP contribution in [-0.4, -0.2) is 56.4 Å². The van der Waals surface area contributed by atoms with Gasteiger partial charge in [0, 0.05) is 5.92 Å². The Balaban J connectivity index is 4.11. The van der Waals surface area contributed by atoms with Gasteiger partial charge in [-0.25, -0.2) is 0 Å². The van der Waals surface area contributed by atoms with E-state index in [0.29, 0.717) is 5.78 Å². The minimum absolute atomic E-state index is 0.0879. The molecule has 0 fully saturated rings. The molecule has 0 rings (SSSR count). The third-order valence-electron chi connectivity index (χ3n) is 2.60. The summed E-state index contributed by atoms with van der Waals surface area (Å²) in [6.07, 6.45) is 2.04. The Morgan fingerprint density at radius 1 is 1.13 bits per heavy atom. The first kappa shape index (κ1) is 14.6. The monoisotopic (exact) mass is 214 g/mol. The summed E-state index contributed by atoms with van der Waals surface area (Å²) in [6.45, 7) is 5.01. The van der Waals surface area contributed by atoms with E-state index >= 15 is 0 Å². The molecule has 1 unspecified atom stereocenters. The van der Waals surface area contributed by atoms with Gasteiger partial charge < -0.3 is 4.90 Å². The molecule has 90 valence electrons. The quantitative estimate of drug-likeness (QED) is 0.641. The van der Waals surface area contributed by atoms with E-state index < -0.39 is 0 Å². The van der Waals surface area contributed by atoms with Crippen LogP contribution in [0.2, 0.25) is 0 Å². The Bertz CT molecular complexity index is 188. The van der Waals surface area contributed by atoms with Crippen LogP contribution in [0.5, 0.6) is 0 Å². The topological polar surface area (TPSA) is 23.6 Å². The van der Waals surface area contributed by atoms with Crippen molar-refractivity contribution in [1.82, 2.24) is 9.80 Å². The van der Waals surface area contributed by atoms with Crippen LogP contribution >= 0.6 is 0 Å². The second-order valence-electron chi connectivity index (χ2n) is 4.98. The average molecular weight is 214 g/mol. The lowest BCUT2D eigenvalue weighted by atomic mass is 9.97. The fraction of sp³-hybridized carbons (Fsp3) is 0.917. The molecule has 0 aliphatic heterocycles. The number of hydrogen-bond acceptors (Lipinski definition) is 3. The molecular weight excluding hydrogens is 188 g/mol. The van der Waals surface area contributed by atoms with Crippen molar-refractivity contribution in [3.63, 3.8) is 0 Å². The molecule has 0 saturated heterocycles. The minimum atomic E-state index is 0.0879. The zero-order valence-electron chi connectivity index (χ0n) is 11.1. The van der Waals surface area contributed by atoms with Crippen molar-refractivity contribution in [2.75, 3.05) is 34.7 Å². The standard InChI is InChI=1S/C12H26N2O/c1-10(2)12(15)11(14(5)6)8-7-9-13(3)4/h10-11H,7-9H2,1-6H3. The second kappa shape index (κ2) is 6.96. The molecule has 0 amide bonds. The second-order valence-corrected chi connectivity index (χ2v) is 4.98. The summed E-state index contributed by atoms with van der Waals surface area (Å²) in [5.74, 6) is 0.496. The molecule has 15 heavy (non-hydrogen) atoms. The Labute approximate surface area is 94.4 Å². The van der Waals surface area contributed by atoms with Crippen molar-refractivity contribution < 1.29 is 4.79 Å². The first-order chi connectivity index (χ1) is 6.86. The molecule has 0 radical (unpaired) electrons. The number of carbonyl (C=O) groups excluding carboxylic acids is 1. The van der Waals surface area contributed by atoms with Gasteiger partial charge in [0.15, 0.2) is 5.78 Å². The van der Waals surface area contributed by atoms with E-state index in [2.05, 4.69) is 19.0 Å². The van der Waals surface area contributed by atoms with E-state index in [0.717, 1.165) is 19.4 Å². The molecule has 0 aliphatic rings. The number of Topliss-reactive ketones (excluding diaryl/α,β-unsaturated/α-hetero) is 1. The van der Waals surface area contributed by atoms with Gasteiger partial charge in [0.2, 0.25) is 0 Å². The summed E-state index contributed by atoms with van der Waals surface area (Å²) < 4.78 is 0. The normalized spacial score (nSPS) is 13.9. The van der Waals surface area contributed by atoms with Gasteiger partial charge in [-0.2, -0.15) is 0 Å². The zero-order valence-corrected chi connectivity index (χ0v) is 11.1. The summed E-state index contributed by atoms with van der Waals surface area (Å²) in [5, 5.41) is 0. The molecule has 0 saturated carbocycles. The highest BCUT2D eigenvalue weighted by Crippen LogP contribution is 2.10. The van der Waals surface area contributed by atoms with Crippen LogP contribution in [0.1, 0.15) is 26.7 Å². The Hall–Kier alpha value is -0.410. The number of carbonyl (C=O) groups is 1. The molecular formula is C12H26N2O. The summed E-state index contributed by atoms with van der Waals surface area (Å²) in [5.41, 5.74) is 0. The van der Waals surface area contributed by atoms with Gasteiger partial charge in [-0.3, -0.25) is 9.69 Å². The van der Waals surface area contributed by atoms with E-state index in [1.165, 1.54) is 0 Å². The maximum absolute atomic E-state index is 11.9. The Morgan fingerprint density at radius 3 is 2.00 bits per heavy atom. The maximum Gasteiger partial charge on any atom is 0.152 e. The largest absolute Gasteiger partial charge is 0.309 e. The lowest BCUT2D eigenvalue weighted by Gasteiger charge is -2.25. The van der Waals surface area contributed by atoms with Crippen LogP contribution in [0.3, 0.4) is 0 Å². The highest BCUT2D eigenvalue weighted by Gasteiger charge is 2.22. The molecule has 0 aromatic carbocycles. The van der Waals surface area contributed by atoms with Crippen LogP contribution in [0.4, 0.5) is 0 Å². The van der Waals surface area contributed by atoms with Crippen LogP contribution in [0.25, 0.3) is 0 Å². The molecule has 3 nitrogen and oxygen atoms in total. The molecule has 3 heteroatoms. The van der Waals surface area contributed by atoms with Crippen LogP contribution in [0, 0.1) is 5.92 Å². The van der Waals surface area contributed by atoms with Crippen molar-refractivity contribution in [2.24, 2.45) is 5.92 Å². The lowest BCUT2D eigenvalue weighted by molar-refractivity contribution is -0.126. The number of hydrogen-bond donors (Lipinski definition) is 0. The Morgan fingerprint density at radius 2 is 1.67 bits per heavy atom. The van der Waals surface area contributed by atoms with Crippen molar-refractivity contribution in [3.8, 4) is 0 Å². The molecule has 0 spiro atoms. The average Bonchev–Trinajstić information content (AvgIpc) is 2.10. The first-order valence-electron chi connectivity index (χ1n) is 5.71. The van der Waals surface area contributed by atoms with Gasteiger partial charge in [-0.15, -0.1) is 0 Å². The van der Waals surface area contributed by atoms with Gasteiger partial charge >= 0.3 is 0 Å². The molecule has 0 N–H and O–H groups in total. The van der Waals surface area contributed by atoms with Crippen LogP contribution < -0.4 is 0 Å². The third kappa shape index (κ3) is 5.90. The van der Waals surface area contributed by atoms with Gasteiger partial charge in [-0.05, 0) is 47.6 Å². The summed E-state index contributed by atoms with van der Waals surface area (Å²) in [6, 6.07) is 0.0879. The highest BCUT2D eigenvalue weighted by atomic mass is 16.1. The highest BCUT2D eigenvalue weighted by molar-refractivity contribution is 5.85. The third-order valence-corrected chi connectivity index (χ3v) is 2.60. The molecule has 0 heterocycles. The van der Waals surface area contributed by atoms with Gasteiger partial charge in [0.1, 0.15) is 0 Å². The SMILES string of the molecule is CC(C)C(=O)C(CCCN(C)C)N(C)C. The summed E-state index contributed by atoms with van der Waals surface area (Å²) in [4.78, 5) is 16.1. The smallest absolute Gasteiger partial charge is 0.152 e. The predicted molar refractivity (Wildman–Crippen MR) is 65.1 cm³/mol. The lowest BCUT2D eigenvalue weighted by Crippen LogP contribution is -2.38. The summed E-state index contributed by atoms with van der Waals surface area (Å²) in [7, 11) is 8.10. The zero-order chi connectivity index (χ0) is 12.0. The minimum Gasteiger partial charge on any atom is -0.309 e. The van der Waals surface area contributed by atoms with E-state index in [9.17, 15) is 4.79 Å². The molecule has 1 atom stereocenters. The van der Waals surface area contributed by atoms with Crippen molar-refractivity contribution in [2.45, 2.75) is 32.7 Å². The first-order valence-corrected chi connectivity index (χ1v) is 5.71. The van der Waals surface area contributed by atoms with E-state index in [1.54, 1.807) is 0 Å². The molecule has 0 aromatic rings. The molecule has 0 aromatic heterocycles. The number of ketones is 1. The van der Waals surface area contributed by atoms with Crippen molar-refractivity contribution in [1.29, 1.82) is 0 Å². The predicted octanol–water partition coefficient (Wildman–Crippen LogP) is 1.48. The molecule has 0 aliphatic carbocycles. The fourth-order valence-corrected chi connectivity index (χ4v) is 1.64. The maximum atomic E-state index is 11.9. The van der Waals surface area contributed by atoms with Gasteiger partial charge in [0.25, 0.3) is 0 Å². The van der Waals surface area contributed by atoms with Gasteiger partial charge in [0.05, 0.1) is 6.04 Å². The van der Waals surface area contributed by atoms with E-state index in [4.69, 9.17) is 0 Å². The van der Waals surface area contributed by atoms with E-state index in [-0.39, 0.29) is 12.0 Å². The fourth-order valence-electron chi connectivity index (χ4n) is 1.64. The molecule has 0 bridgehead atoms. The van der Waals surface area contributed by atoms with Gasteiger partial charge in [-0.1, -0.05) is 13.8 Å². The number of nitrogens with zero attached hydrogens (tertiary/aromatic N) is 2. The summed E-state index contributed by atoms with van der Waals surface area (Å²) >= 11 is 0. The number of likely N-dealkylation sites (N-methyl/N-ethyl adjacent to an activating group) is 1. The van der Waals surface area contributed by atoms with Crippen molar-refractivity contribution in [3.05, 3.63) is 0 Å².